The van der Waals surface area contributed by atoms with Crippen molar-refractivity contribution < 1.29 is 4.52 Å². The molecular weight excluding hydrogens is 158 g/mol. The number of rotatable bonds is 2. The molecule has 1 N–H and O–H groups in total. The first kappa shape index (κ1) is 6.71. The quantitative estimate of drug-likeness (QED) is 0.697. The number of aromatic nitrogens is 5. The summed E-state index contributed by atoms with van der Waals surface area (Å²) in [6, 6.07) is 0. The van der Waals surface area contributed by atoms with Crippen LogP contribution in [0.5, 0.6) is 0 Å². The lowest BCUT2D eigenvalue weighted by atomic mass is 10.6. The van der Waals surface area contributed by atoms with Crippen LogP contribution in [-0.4, -0.2) is 25.3 Å². The fourth-order valence-electron chi connectivity index (χ4n) is 0.728. The van der Waals surface area contributed by atoms with E-state index in [0.717, 1.165) is 0 Å². The van der Waals surface area contributed by atoms with Gasteiger partial charge in [-0.3, -0.25) is 5.10 Å². The van der Waals surface area contributed by atoms with Crippen molar-refractivity contribution in [2.24, 2.45) is 0 Å². The Balaban J connectivity index is 2.41. The molecule has 0 saturated heterocycles. The lowest BCUT2D eigenvalue weighted by Crippen LogP contribution is -1.82. The molecule has 0 fully saturated rings. The Morgan fingerprint density at radius 3 is 3.08 bits per heavy atom. The van der Waals surface area contributed by atoms with Gasteiger partial charge in [-0.1, -0.05) is 11.7 Å². The molecule has 12 heavy (non-hydrogen) atoms. The Morgan fingerprint density at radius 2 is 2.50 bits per heavy atom. The van der Waals surface area contributed by atoms with Crippen LogP contribution in [0.3, 0.4) is 0 Å². The van der Waals surface area contributed by atoms with Crippen molar-refractivity contribution in [3.8, 4) is 11.6 Å². The number of H-pyrrole nitrogens is 1. The minimum Gasteiger partial charge on any atom is -0.334 e. The Kier molecular flexibility index (Phi) is 1.44. The second-order valence-electron chi connectivity index (χ2n) is 1.99. The topological polar surface area (TPSA) is 80.5 Å². The first-order valence-electron chi connectivity index (χ1n) is 3.22. The van der Waals surface area contributed by atoms with E-state index in [9.17, 15) is 0 Å². The zero-order valence-electron chi connectivity index (χ0n) is 6.06. The minimum atomic E-state index is 0.362. The molecule has 2 aromatic heterocycles. The zero-order chi connectivity index (χ0) is 8.39. The Labute approximate surface area is 67.3 Å². The number of nitrogens with zero attached hydrogens (tertiary/aromatic N) is 4. The molecule has 2 heterocycles. The molecule has 0 aliphatic heterocycles. The van der Waals surface area contributed by atoms with Gasteiger partial charge >= 0.3 is 0 Å². The normalized spacial score (nSPS) is 10.0. The van der Waals surface area contributed by atoms with Crippen molar-refractivity contribution in [1.29, 1.82) is 0 Å². The smallest absolute Gasteiger partial charge is 0.250 e. The van der Waals surface area contributed by atoms with Crippen molar-refractivity contribution in [1.82, 2.24) is 25.3 Å². The van der Waals surface area contributed by atoms with Gasteiger partial charge in [0, 0.05) is 0 Å². The highest BCUT2D eigenvalue weighted by molar-refractivity contribution is 5.43. The first-order valence-corrected chi connectivity index (χ1v) is 3.22. The lowest BCUT2D eigenvalue weighted by molar-refractivity contribution is 0.411. The molecular formula is C6H5N5O. The molecule has 0 spiro atoms. The summed E-state index contributed by atoms with van der Waals surface area (Å²) in [6.45, 7) is 3.48. The van der Waals surface area contributed by atoms with E-state index in [1.165, 1.54) is 12.4 Å². The molecule has 0 atom stereocenters. The van der Waals surface area contributed by atoms with Gasteiger partial charge < -0.3 is 4.52 Å². The van der Waals surface area contributed by atoms with E-state index >= 15 is 0 Å². The van der Waals surface area contributed by atoms with Crippen LogP contribution < -0.4 is 0 Å². The average Bonchev–Trinajstić information content (AvgIpc) is 2.75. The zero-order valence-corrected chi connectivity index (χ0v) is 6.06. The first-order chi connectivity index (χ1) is 5.90. The predicted molar refractivity (Wildman–Crippen MR) is 39.8 cm³/mol. The summed E-state index contributed by atoms with van der Waals surface area (Å²) in [5, 5.41) is 9.90. The summed E-state index contributed by atoms with van der Waals surface area (Å²) in [7, 11) is 0. The maximum atomic E-state index is 4.77. The van der Waals surface area contributed by atoms with Crippen LogP contribution in [0.25, 0.3) is 17.7 Å². The van der Waals surface area contributed by atoms with Gasteiger partial charge in [-0.25, -0.2) is 4.98 Å². The van der Waals surface area contributed by atoms with Crippen molar-refractivity contribution in [3.63, 3.8) is 0 Å². The van der Waals surface area contributed by atoms with E-state index < -0.39 is 0 Å². The van der Waals surface area contributed by atoms with Crippen LogP contribution in [-0.2, 0) is 0 Å². The molecule has 0 aromatic carbocycles. The minimum absolute atomic E-state index is 0.362. The number of hydrogen-bond acceptors (Lipinski definition) is 5. The van der Waals surface area contributed by atoms with Crippen LogP contribution >= 0.6 is 0 Å². The molecule has 6 nitrogen and oxygen atoms in total. The fraction of sp³-hybridized carbons (Fsp3) is 0. The van der Waals surface area contributed by atoms with E-state index in [1.54, 1.807) is 0 Å². The fourth-order valence-corrected chi connectivity index (χ4v) is 0.728. The van der Waals surface area contributed by atoms with Gasteiger partial charge in [0.25, 0.3) is 0 Å². The highest BCUT2D eigenvalue weighted by Gasteiger charge is 2.07. The van der Waals surface area contributed by atoms with Gasteiger partial charge in [0.1, 0.15) is 6.33 Å². The number of hydrogen-bond donors (Lipinski definition) is 1. The molecule has 0 bridgehead atoms. The number of nitrogens with one attached hydrogen (secondary N) is 1. The maximum absolute atomic E-state index is 4.77. The van der Waals surface area contributed by atoms with Crippen molar-refractivity contribution >= 4 is 6.08 Å². The van der Waals surface area contributed by atoms with Crippen LogP contribution in [0.2, 0.25) is 0 Å². The summed E-state index contributed by atoms with van der Waals surface area (Å²) in [5.74, 6) is 1.22. The largest absolute Gasteiger partial charge is 0.334 e. The molecule has 2 aromatic rings. The lowest BCUT2D eigenvalue weighted by Gasteiger charge is -1.79. The van der Waals surface area contributed by atoms with Crippen molar-refractivity contribution in [2.75, 3.05) is 0 Å². The number of aromatic amines is 1. The van der Waals surface area contributed by atoms with Gasteiger partial charge in [-0.05, 0) is 6.08 Å². The molecule has 6 heteroatoms. The summed E-state index contributed by atoms with van der Waals surface area (Å²) < 4.78 is 4.77. The molecule has 60 valence electrons. The third kappa shape index (κ3) is 0.986. The highest BCUT2D eigenvalue weighted by atomic mass is 16.5. The summed E-state index contributed by atoms with van der Waals surface area (Å²) in [4.78, 5) is 7.79. The van der Waals surface area contributed by atoms with Gasteiger partial charge in [0.2, 0.25) is 11.7 Å². The Morgan fingerprint density at radius 1 is 1.58 bits per heavy atom. The molecule has 0 aliphatic rings. The van der Waals surface area contributed by atoms with Crippen LogP contribution in [0.1, 0.15) is 5.89 Å². The van der Waals surface area contributed by atoms with E-state index in [1.807, 2.05) is 0 Å². The van der Waals surface area contributed by atoms with Crippen molar-refractivity contribution in [3.05, 3.63) is 18.8 Å². The Bertz CT molecular complexity index is 376. The second-order valence-corrected chi connectivity index (χ2v) is 1.99. The Hall–Kier alpha value is -1.98. The van der Waals surface area contributed by atoms with Crippen LogP contribution in [0.15, 0.2) is 17.4 Å². The molecule has 0 amide bonds. The van der Waals surface area contributed by atoms with Crippen LogP contribution in [0, 0.1) is 0 Å². The van der Waals surface area contributed by atoms with Crippen molar-refractivity contribution in [2.45, 2.75) is 0 Å². The third-order valence-corrected chi connectivity index (χ3v) is 1.24. The molecule has 0 radical (unpaired) electrons. The van der Waals surface area contributed by atoms with E-state index in [-0.39, 0.29) is 0 Å². The SMILES string of the molecule is C=Cc1nc(-c2ncn[nH]2)no1. The monoisotopic (exact) mass is 163 g/mol. The summed E-state index contributed by atoms with van der Waals surface area (Å²) in [5.41, 5.74) is 0. The van der Waals surface area contributed by atoms with E-state index in [4.69, 9.17) is 4.52 Å². The molecule has 0 saturated carbocycles. The summed E-state index contributed by atoms with van der Waals surface area (Å²) >= 11 is 0. The van der Waals surface area contributed by atoms with Gasteiger partial charge in [-0.2, -0.15) is 10.1 Å². The standard InChI is InChI=1S/C6H5N5O/c1-2-4-9-6(11-12-4)5-7-3-8-10-5/h2-3H,1H2,(H,7,8,10). The third-order valence-electron chi connectivity index (χ3n) is 1.24. The predicted octanol–water partition coefficient (Wildman–Crippen LogP) is 0.498. The molecule has 0 aliphatic carbocycles. The highest BCUT2D eigenvalue weighted by Crippen LogP contribution is 2.08. The molecule has 2 rings (SSSR count). The van der Waals surface area contributed by atoms with E-state index in [2.05, 4.69) is 31.9 Å². The van der Waals surface area contributed by atoms with Gasteiger partial charge in [-0.15, -0.1) is 0 Å². The molecule has 0 unspecified atom stereocenters. The summed E-state index contributed by atoms with van der Waals surface area (Å²) in [6.07, 6.45) is 2.84. The van der Waals surface area contributed by atoms with Gasteiger partial charge in [0.15, 0.2) is 5.82 Å². The van der Waals surface area contributed by atoms with Gasteiger partial charge in [0.05, 0.1) is 0 Å². The maximum Gasteiger partial charge on any atom is 0.250 e. The van der Waals surface area contributed by atoms with E-state index in [0.29, 0.717) is 17.5 Å². The average molecular weight is 163 g/mol. The second kappa shape index (κ2) is 2.57. The van der Waals surface area contributed by atoms with Crippen LogP contribution in [0.4, 0.5) is 0 Å².